The van der Waals surface area contributed by atoms with E-state index in [0.717, 1.165) is 31.4 Å². The summed E-state index contributed by atoms with van der Waals surface area (Å²) in [6, 6.07) is 1.65. The Labute approximate surface area is 117 Å². The topological polar surface area (TPSA) is 46.3 Å². The first-order valence-corrected chi connectivity index (χ1v) is 7.18. The number of aromatic nitrogens is 1. The fraction of sp³-hybridized carbons (Fsp3) is 0.600. The monoisotopic (exact) mass is 278 g/mol. The molecule has 1 saturated carbocycles. The number of rotatable bonds is 3. The molecule has 0 bridgehead atoms. The van der Waals surface area contributed by atoms with E-state index in [1.54, 1.807) is 11.8 Å². The van der Waals surface area contributed by atoms with E-state index in [1.165, 1.54) is 0 Å². The van der Waals surface area contributed by atoms with E-state index in [-0.39, 0.29) is 12.0 Å². The highest BCUT2D eigenvalue weighted by Gasteiger charge is 2.36. The molecule has 1 atom stereocenters. The van der Waals surface area contributed by atoms with E-state index in [1.807, 2.05) is 13.0 Å². The van der Waals surface area contributed by atoms with Crippen molar-refractivity contribution in [3.05, 3.63) is 28.9 Å². The lowest BCUT2D eigenvalue weighted by Crippen LogP contribution is -2.31. The summed E-state index contributed by atoms with van der Waals surface area (Å²) in [4.78, 5) is 13.9. The Kier molecular flexibility index (Phi) is 3.36. The average molecular weight is 278 g/mol. The van der Waals surface area contributed by atoms with Crippen LogP contribution in [0.4, 0.5) is 4.39 Å². The number of likely N-dealkylation sites (tertiary alicyclic amines) is 1. The van der Waals surface area contributed by atoms with Crippen LogP contribution in [-0.4, -0.2) is 22.5 Å². The van der Waals surface area contributed by atoms with Crippen molar-refractivity contribution in [1.82, 2.24) is 10.1 Å². The summed E-state index contributed by atoms with van der Waals surface area (Å²) < 4.78 is 19.5. The predicted molar refractivity (Wildman–Crippen MR) is 71.5 cm³/mol. The first-order valence-electron chi connectivity index (χ1n) is 7.18. The number of aryl methyl sites for hydroxylation is 1. The third-order valence-corrected chi connectivity index (χ3v) is 4.21. The number of amides is 1. The molecule has 5 heteroatoms. The maximum absolute atomic E-state index is 14.3. The molecule has 1 aromatic heterocycles. The first-order chi connectivity index (χ1) is 9.58. The molecule has 2 aliphatic rings. The number of carbonyl (C=O) groups excluding carboxylic acids is 1. The van der Waals surface area contributed by atoms with Crippen LogP contribution in [0.15, 0.2) is 22.0 Å². The quantitative estimate of drug-likeness (QED) is 0.797. The molecule has 0 radical (unpaired) electrons. The second-order valence-electron chi connectivity index (χ2n) is 5.80. The Morgan fingerprint density at radius 3 is 2.80 bits per heavy atom. The van der Waals surface area contributed by atoms with Gasteiger partial charge in [-0.05, 0) is 51.0 Å². The second-order valence-corrected chi connectivity index (χ2v) is 5.80. The molecule has 0 spiro atoms. The molecule has 1 saturated heterocycles. The van der Waals surface area contributed by atoms with Gasteiger partial charge in [0.1, 0.15) is 0 Å². The van der Waals surface area contributed by atoms with Gasteiger partial charge in [0.25, 0.3) is 5.91 Å². The Bertz CT molecular complexity index is 560. The lowest BCUT2D eigenvalue weighted by Gasteiger charge is -2.22. The summed E-state index contributed by atoms with van der Waals surface area (Å²) in [6.45, 7) is 4.15. The zero-order chi connectivity index (χ0) is 14.3. The zero-order valence-corrected chi connectivity index (χ0v) is 11.9. The third-order valence-electron chi connectivity index (χ3n) is 4.21. The van der Waals surface area contributed by atoms with Crippen LogP contribution < -0.4 is 0 Å². The number of hydrogen-bond acceptors (Lipinski definition) is 3. The minimum Gasteiger partial charge on any atom is -0.359 e. The molecule has 1 aromatic rings. The van der Waals surface area contributed by atoms with Gasteiger partial charge in [0.05, 0.1) is 11.7 Å². The van der Waals surface area contributed by atoms with Gasteiger partial charge < -0.3 is 9.42 Å². The first kappa shape index (κ1) is 13.3. The summed E-state index contributed by atoms with van der Waals surface area (Å²) in [5, 5.41) is 3.85. The van der Waals surface area contributed by atoms with Gasteiger partial charge in [-0.3, -0.25) is 4.79 Å². The number of hydrogen-bond donors (Lipinski definition) is 0. The normalized spacial score (nSPS) is 23.9. The van der Waals surface area contributed by atoms with Gasteiger partial charge in [0, 0.05) is 12.6 Å². The van der Waals surface area contributed by atoms with E-state index in [2.05, 4.69) is 5.16 Å². The summed E-state index contributed by atoms with van der Waals surface area (Å²) in [5.74, 6) is -0.139. The molecule has 1 aliphatic heterocycles. The van der Waals surface area contributed by atoms with Crippen molar-refractivity contribution in [2.24, 2.45) is 5.92 Å². The molecule has 20 heavy (non-hydrogen) atoms. The van der Waals surface area contributed by atoms with Gasteiger partial charge >= 0.3 is 0 Å². The molecule has 2 fully saturated rings. The van der Waals surface area contributed by atoms with Gasteiger partial charge in [0.15, 0.2) is 11.6 Å². The van der Waals surface area contributed by atoms with E-state index < -0.39 is 11.7 Å². The zero-order valence-electron chi connectivity index (χ0n) is 11.9. The summed E-state index contributed by atoms with van der Waals surface area (Å²) in [6.07, 6.45) is 3.66. The molecule has 4 nitrogen and oxygen atoms in total. The lowest BCUT2D eigenvalue weighted by atomic mass is 10.1. The molecule has 108 valence electrons. The molecule has 0 N–H and O–H groups in total. The van der Waals surface area contributed by atoms with E-state index in [4.69, 9.17) is 4.52 Å². The molecule has 0 unspecified atom stereocenters. The molecule has 3 rings (SSSR count). The lowest BCUT2D eigenvalue weighted by molar-refractivity contribution is -0.130. The Balaban J connectivity index is 1.81. The van der Waals surface area contributed by atoms with Crippen LogP contribution in [0.3, 0.4) is 0 Å². The number of nitrogens with zero attached hydrogens (tertiary/aromatic N) is 2. The van der Waals surface area contributed by atoms with Crippen LogP contribution >= 0.6 is 0 Å². The number of allylic oxidation sites excluding steroid dienone is 1. The van der Waals surface area contributed by atoms with Crippen molar-refractivity contribution in [1.29, 1.82) is 0 Å². The molecule has 1 aliphatic carbocycles. The Hall–Kier alpha value is -1.65. The standard InChI is InChI=1S/C15H19FN2O2/c1-9-8-13(20-17-9)12-4-3-7-18(12)15(19)14(16)10(2)11-5-6-11/h8,11-12H,3-7H2,1-2H3/b14-10+/t12-/m1/s1. The molecular formula is C15H19FN2O2. The number of carbonyl (C=O) groups is 1. The van der Waals surface area contributed by atoms with Crippen LogP contribution in [0.25, 0.3) is 0 Å². The second kappa shape index (κ2) is 5.04. The number of halogens is 1. The predicted octanol–water partition coefficient (Wildman–Crippen LogP) is 3.30. The highest BCUT2D eigenvalue weighted by Crippen LogP contribution is 2.40. The van der Waals surface area contributed by atoms with Crippen LogP contribution in [0.2, 0.25) is 0 Å². The third kappa shape index (κ3) is 2.37. The fourth-order valence-electron chi connectivity index (χ4n) is 2.84. The minimum atomic E-state index is -0.573. The van der Waals surface area contributed by atoms with Crippen LogP contribution in [0.5, 0.6) is 0 Å². The van der Waals surface area contributed by atoms with Crippen molar-refractivity contribution >= 4 is 5.91 Å². The molecule has 0 aromatic carbocycles. The highest BCUT2D eigenvalue weighted by atomic mass is 19.1. The smallest absolute Gasteiger partial charge is 0.283 e. The van der Waals surface area contributed by atoms with E-state index in [9.17, 15) is 9.18 Å². The summed E-state index contributed by atoms with van der Waals surface area (Å²) in [5.41, 5.74) is 1.39. The average Bonchev–Trinajstić information content (AvgIpc) is 3.01. The summed E-state index contributed by atoms with van der Waals surface area (Å²) in [7, 11) is 0. The van der Waals surface area contributed by atoms with Gasteiger partial charge in [-0.25, -0.2) is 4.39 Å². The minimum absolute atomic E-state index is 0.179. The molecule has 1 amide bonds. The largest absolute Gasteiger partial charge is 0.359 e. The van der Waals surface area contributed by atoms with Crippen molar-refractivity contribution < 1.29 is 13.7 Å². The van der Waals surface area contributed by atoms with Crippen LogP contribution in [-0.2, 0) is 4.79 Å². The van der Waals surface area contributed by atoms with Crippen molar-refractivity contribution in [2.75, 3.05) is 6.54 Å². The van der Waals surface area contributed by atoms with Gasteiger partial charge in [-0.15, -0.1) is 0 Å². The van der Waals surface area contributed by atoms with Gasteiger partial charge in [-0.2, -0.15) is 0 Å². The van der Waals surface area contributed by atoms with Crippen molar-refractivity contribution in [3.8, 4) is 0 Å². The molecular weight excluding hydrogens is 259 g/mol. The van der Waals surface area contributed by atoms with Crippen molar-refractivity contribution in [3.63, 3.8) is 0 Å². The van der Waals surface area contributed by atoms with Gasteiger partial charge in [-0.1, -0.05) is 5.16 Å². The molecule has 2 heterocycles. The maximum atomic E-state index is 14.3. The maximum Gasteiger partial charge on any atom is 0.283 e. The van der Waals surface area contributed by atoms with E-state index >= 15 is 0 Å². The fourth-order valence-corrected chi connectivity index (χ4v) is 2.84. The Morgan fingerprint density at radius 1 is 1.45 bits per heavy atom. The van der Waals surface area contributed by atoms with Crippen LogP contribution in [0, 0.1) is 12.8 Å². The SMILES string of the molecule is C/C(=C(\F)C(=O)N1CCC[C@@H]1c1cc(C)no1)C1CC1. The van der Waals surface area contributed by atoms with Gasteiger partial charge in [0.2, 0.25) is 0 Å². The van der Waals surface area contributed by atoms with E-state index in [0.29, 0.717) is 17.9 Å². The highest BCUT2D eigenvalue weighted by molar-refractivity contribution is 5.92. The van der Waals surface area contributed by atoms with Crippen LogP contribution in [0.1, 0.15) is 50.1 Å². The Morgan fingerprint density at radius 2 is 2.20 bits per heavy atom. The summed E-state index contributed by atoms with van der Waals surface area (Å²) >= 11 is 0. The van der Waals surface area contributed by atoms with Crippen molar-refractivity contribution in [2.45, 2.75) is 45.6 Å².